The Morgan fingerprint density at radius 1 is 1.17 bits per heavy atom. The number of hydrogen-bond acceptors (Lipinski definition) is 2. The topological polar surface area (TPSA) is 23.8 Å². The first-order valence-corrected chi connectivity index (χ1v) is 7.10. The molecule has 0 amide bonds. The fraction of sp³-hybridized carbons (Fsp3) is 0.500. The van der Waals surface area contributed by atoms with Crippen molar-refractivity contribution in [1.29, 1.82) is 5.26 Å². The number of rotatable bonds is 2. The molecule has 18 heavy (non-hydrogen) atoms. The molecule has 1 nitrogen and oxygen atoms in total. The SMILES string of the molecule is N#CC1CCCCCC1Sc1ccc(F)cc1F. The molecule has 0 spiro atoms. The van der Waals surface area contributed by atoms with Crippen LogP contribution in [0, 0.1) is 28.9 Å². The Labute approximate surface area is 110 Å². The Kier molecular flexibility index (Phi) is 4.60. The van der Waals surface area contributed by atoms with Crippen LogP contribution in [0.15, 0.2) is 23.1 Å². The van der Waals surface area contributed by atoms with E-state index >= 15 is 0 Å². The molecule has 1 aliphatic rings. The zero-order valence-corrected chi connectivity index (χ0v) is 10.9. The molecule has 2 rings (SSSR count). The monoisotopic (exact) mass is 267 g/mol. The minimum atomic E-state index is -0.561. The van der Waals surface area contributed by atoms with Gasteiger partial charge in [-0.2, -0.15) is 5.26 Å². The molecule has 2 atom stereocenters. The first kappa shape index (κ1) is 13.4. The lowest BCUT2D eigenvalue weighted by atomic mass is 10.0. The summed E-state index contributed by atoms with van der Waals surface area (Å²) in [7, 11) is 0. The number of hydrogen-bond donors (Lipinski definition) is 0. The van der Waals surface area contributed by atoms with Crippen LogP contribution in [0.5, 0.6) is 0 Å². The average Bonchev–Trinajstić information content (AvgIpc) is 2.57. The first-order valence-electron chi connectivity index (χ1n) is 6.22. The van der Waals surface area contributed by atoms with Gasteiger partial charge >= 0.3 is 0 Å². The van der Waals surface area contributed by atoms with Gasteiger partial charge < -0.3 is 0 Å². The highest BCUT2D eigenvalue weighted by Gasteiger charge is 2.25. The van der Waals surface area contributed by atoms with Crippen molar-refractivity contribution in [2.75, 3.05) is 0 Å². The normalized spacial score (nSPS) is 24.3. The van der Waals surface area contributed by atoms with E-state index in [1.165, 1.54) is 23.9 Å². The summed E-state index contributed by atoms with van der Waals surface area (Å²) in [5, 5.41) is 9.28. The molecule has 0 radical (unpaired) electrons. The van der Waals surface area contributed by atoms with Gasteiger partial charge in [0.15, 0.2) is 0 Å². The van der Waals surface area contributed by atoms with Crippen LogP contribution >= 0.6 is 11.8 Å². The third kappa shape index (κ3) is 3.23. The quantitative estimate of drug-likeness (QED) is 0.735. The van der Waals surface area contributed by atoms with Gasteiger partial charge in [0, 0.05) is 16.2 Å². The number of halogens is 2. The highest BCUT2D eigenvalue weighted by Crippen LogP contribution is 2.37. The lowest BCUT2D eigenvalue weighted by Crippen LogP contribution is -2.14. The highest BCUT2D eigenvalue weighted by molar-refractivity contribution is 8.00. The van der Waals surface area contributed by atoms with E-state index < -0.39 is 11.6 Å². The molecule has 1 aromatic rings. The summed E-state index contributed by atoms with van der Waals surface area (Å²) < 4.78 is 26.4. The molecule has 1 aromatic carbocycles. The minimum Gasteiger partial charge on any atom is -0.207 e. The van der Waals surface area contributed by atoms with Crippen molar-refractivity contribution in [2.45, 2.75) is 42.2 Å². The standard InChI is InChI=1S/C14H15F2NS/c15-11-6-7-14(12(16)8-11)18-13-5-3-1-2-4-10(13)9-17/h6-8,10,13H,1-5H2. The van der Waals surface area contributed by atoms with Crippen molar-refractivity contribution in [1.82, 2.24) is 0 Å². The van der Waals surface area contributed by atoms with Crippen LogP contribution in [0.4, 0.5) is 8.78 Å². The smallest absolute Gasteiger partial charge is 0.139 e. The molecule has 0 N–H and O–H groups in total. The van der Waals surface area contributed by atoms with Gasteiger partial charge in [-0.15, -0.1) is 11.8 Å². The summed E-state index contributed by atoms with van der Waals surface area (Å²) in [6.07, 6.45) is 5.11. The van der Waals surface area contributed by atoms with E-state index in [-0.39, 0.29) is 11.2 Å². The molecule has 1 saturated carbocycles. The molecule has 1 aliphatic carbocycles. The van der Waals surface area contributed by atoms with Crippen LogP contribution in [0.25, 0.3) is 0 Å². The summed E-state index contributed by atoms with van der Waals surface area (Å²) in [5.41, 5.74) is 0. The van der Waals surface area contributed by atoms with Crippen LogP contribution in [0.2, 0.25) is 0 Å². The summed E-state index contributed by atoms with van der Waals surface area (Å²) in [6.45, 7) is 0. The summed E-state index contributed by atoms with van der Waals surface area (Å²) in [4.78, 5) is 0.448. The molecule has 96 valence electrons. The van der Waals surface area contributed by atoms with Gasteiger partial charge in [0.1, 0.15) is 11.6 Å². The van der Waals surface area contributed by atoms with Gasteiger partial charge in [-0.1, -0.05) is 19.3 Å². The van der Waals surface area contributed by atoms with E-state index in [1.54, 1.807) is 0 Å². The minimum absolute atomic E-state index is 0.0260. The Hall–Kier alpha value is -1.08. The van der Waals surface area contributed by atoms with Crippen molar-refractivity contribution in [2.24, 2.45) is 5.92 Å². The average molecular weight is 267 g/mol. The van der Waals surface area contributed by atoms with E-state index in [1.807, 2.05) is 0 Å². The van der Waals surface area contributed by atoms with Crippen LogP contribution < -0.4 is 0 Å². The molecule has 0 heterocycles. The molecule has 0 bridgehead atoms. The summed E-state index contributed by atoms with van der Waals surface area (Å²) in [6, 6.07) is 5.97. The largest absolute Gasteiger partial charge is 0.207 e. The lowest BCUT2D eigenvalue weighted by Gasteiger charge is -2.18. The maximum absolute atomic E-state index is 13.6. The highest BCUT2D eigenvalue weighted by atomic mass is 32.2. The number of nitrogens with zero attached hydrogens (tertiary/aromatic N) is 1. The predicted molar refractivity (Wildman–Crippen MR) is 68.2 cm³/mol. The predicted octanol–water partition coefficient (Wildman–Crippen LogP) is 4.53. The number of benzene rings is 1. The second-order valence-corrected chi connectivity index (χ2v) is 5.89. The molecule has 2 unspecified atom stereocenters. The van der Waals surface area contributed by atoms with Gasteiger partial charge in [-0.05, 0) is 25.0 Å². The zero-order valence-electron chi connectivity index (χ0n) is 10.0. The second kappa shape index (κ2) is 6.19. The van der Waals surface area contributed by atoms with Crippen LogP contribution in [0.1, 0.15) is 32.1 Å². The number of thioether (sulfide) groups is 1. The van der Waals surface area contributed by atoms with E-state index in [0.717, 1.165) is 38.2 Å². The van der Waals surface area contributed by atoms with Crippen LogP contribution in [-0.4, -0.2) is 5.25 Å². The second-order valence-electron chi connectivity index (χ2n) is 4.60. The van der Waals surface area contributed by atoms with Gasteiger partial charge in [0.05, 0.1) is 12.0 Å². The molecule has 0 aliphatic heterocycles. The Morgan fingerprint density at radius 2 is 1.94 bits per heavy atom. The molecule has 4 heteroatoms. The van der Waals surface area contributed by atoms with Crippen molar-refractivity contribution < 1.29 is 8.78 Å². The molecule has 0 saturated heterocycles. The van der Waals surface area contributed by atoms with E-state index in [2.05, 4.69) is 6.07 Å². The van der Waals surface area contributed by atoms with E-state index in [9.17, 15) is 8.78 Å². The van der Waals surface area contributed by atoms with E-state index in [0.29, 0.717) is 4.90 Å². The molecule has 0 aromatic heterocycles. The Bertz CT molecular complexity index is 456. The maximum atomic E-state index is 13.6. The maximum Gasteiger partial charge on any atom is 0.139 e. The third-order valence-corrected chi connectivity index (χ3v) is 4.74. The van der Waals surface area contributed by atoms with Gasteiger partial charge in [0.2, 0.25) is 0 Å². The lowest BCUT2D eigenvalue weighted by molar-refractivity contribution is 0.560. The molecule has 1 fully saturated rings. The number of nitriles is 1. The van der Waals surface area contributed by atoms with Crippen molar-refractivity contribution in [3.05, 3.63) is 29.8 Å². The Morgan fingerprint density at radius 3 is 2.67 bits per heavy atom. The summed E-state index contributed by atoms with van der Waals surface area (Å²) >= 11 is 1.38. The van der Waals surface area contributed by atoms with Crippen LogP contribution in [-0.2, 0) is 0 Å². The first-order chi connectivity index (χ1) is 8.70. The van der Waals surface area contributed by atoms with Gasteiger partial charge in [-0.25, -0.2) is 8.78 Å². The third-order valence-electron chi connectivity index (χ3n) is 3.29. The summed E-state index contributed by atoms with van der Waals surface area (Å²) in [5.74, 6) is -1.11. The van der Waals surface area contributed by atoms with E-state index in [4.69, 9.17) is 5.26 Å². The zero-order chi connectivity index (χ0) is 13.0. The van der Waals surface area contributed by atoms with Gasteiger partial charge in [0.25, 0.3) is 0 Å². The fourth-order valence-electron chi connectivity index (χ4n) is 2.30. The van der Waals surface area contributed by atoms with Crippen molar-refractivity contribution >= 4 is 11.8 Å². The molecular weight excluding hydrogens is 252 g/mol. The van der Waals surface area contributed by atoms with Crippen LogP contribution in [0.3, 0.4) is 0 Å². The van der Waals surface area contributed by atoms with Crippen molar-refractivity contribution in [3.8, 4) is 6.07 Å². The Balaban J connectivity index is 2.13. The van der Waals surface area contributed by atoms with Gasteiger partial charge in [-0.3, -0.25) is 0 Å². The molecular formula is C14H15F2NS. The fourth-order valence-corrected chi connectivity index (χ4v) is 3.59. The van der Waals surface area contributed by atoms with Crippen molar-refractivity contribution in [3.63, 3.8) is 0 Å².